The maximum Gasteiger partial charge on any atom is 0.491 e. The number of amides is 1. The summed E-state index contributed by atoms with van der Waals surface area (Å²) in [6.07, 6.45) is 1.22. The van der Waals surface area contributed by atoms with Gasteiger partial charge < -0.3 is 20.1 Å². The minimum absolute atomic E-state index is 0.0143. The van der Waals surface area contributed by atoms with Crippen molar-refractivity contribution in [3.05, 3.63) is 29.8 Å². The van der Waals surface area contributed by atoms with Gasteiger partial charge in [0.15, 0.2) is 0 Å². The van der Waals surface area contributed by atoms with Crippen LogP contribution in [0.5, 0.6) is 0 Å². The molecular formula is C17H28BNO4. The summed E-state index contributed by atoms with van der Waals surface area (Å²) in [6.45, 7) is 9.40. The van der Waals surface area contributed by atoms with Gasteiger partial charge in [-0.25, -0.2) is 0 Å². The van der Waals surface area contributed by atoms with Crippen LogP contribution in [0.2, 0.25) is 0 Å². The van der Waals surface area contributed by atoms with Gasteiger partial charge in [-0.1, -0.05) is 31.2 Å². The molecule has 5 nitrogen and oxygen atoms in total. The number of carbonyl (C=O) groups is 1. The molecule has 0 saturated heterocycles. The molecule has 1 aromatic carbocycles. The van der Waals surface area contributed by atoms with E-state index in [1.807, 2.05) is 6.92 Å². The highest BCUT2D eigenvalue weighted by Crippen LogP contribution is 2.25. The lowest BCUT2D eigenvalue weighted by atomic mass is 9.76. The van der Waals surface area contributed by atoms with Crippen molar-refractivity contribution in [2.75, 3.05) is 6.54 Å². The molecule has 23 heavy (non-hydrogen) atoms. The number of carbonyl (C=O) groups excluding carboxylic acids is 1. The minimum Gasteiger partial charge on any atom is -0.423 e. The lowest BCUT2D eigenvalue weighted by Crippen LogP contribution is -2.53. The molecule has 1 amide bonds. The molecule has 0 aliphatic heterocycles. The first kappa shape index (κ1) is 19.7. The van der Waals surface area contributed by atoms with Gasteiger partial charge in [0.1, 0.15) is 0 Å². The van der Waals surface area contributed by atoms with E-state index < -0.39 is 18.3 Å². The second-order valence-electron chi connectivity index (χ2n) is 6.81. The standard InChI is InChI=1S/C17H28BNO4/c1-6-11-19-15(20)12-13-7-9-14(10-8-13)18(22)23-17(4,5)16(2,3)21/h7-10,21-22H,6,11-12H2,1-5H3,(H,19,20). The maximum atomic E-state index is 11.7. The lowest BCUT2D eigenvalue weighted by molar-refractivity contribution is -0.120. The summed E-state index contributed by atoms with van der Waals surface area (Å²) in [7, 11) is -1.14. The third-order valence-corrected chi connectivity index (χ3v) is 4.08. The van der Waals surface area contributed by atoms with Gasteiger partial charge in [-0.05, 0) is 45.1 Å². The van der Waals surface area contributed by atoms with Crippen LogP contribution >= 0.6 is 0 Å². The van der Waals surface area contributed by atoms with E-state index in [0.717, 1.165) is 12.0 Å². The summed E-state index contributed by atoms with van der Waals surface area (Å²) in [5.74, 6) is -0.0143. The minimum atomic E-state index is -1.14. The molecule has 1 rings (SSSR count). The predicted octanol–water partition coefficient (Wildman–Crippen LogP) is 1.01. The van der Waals surface area contributed by atoms with Gasteiger partial charge in [-0.15, -0.1) is 0 Å². The van der Waals surface area contributed by atoms with Crippen molar-refractivity contribution in [3.63, 3.8) is 0 Å². The fourth-order valence-electron chi connectivity index (χ4n) is 1.80. The monoisotopic (exact) mass is 321 g/mol. The first-order chi connectivity index (χ1) is 10.6. The Morgan fingerprint density at radius 1 is 1.22 bits per heavy atom. The molecule has 0 atom stereocenters. The Morgan fingerprint density at radius 2 is 1.78 bits per heavy atom. The molecule has 1 aromatic rings. The molecule has 3 N–H and O–H groups in total. The number of hydrogen-bond donors (Lipinski definition) is 3. The molecule has 0 aliphatic carbocycles. The van der Waals surface area contributed by atoms with Crippen LogP contribution in [0.1, 0.15) is 46.6 Å². The van der Waals surface area contributed by atoms with Crippen molar-refractivity contribution in [1.82, 2.24) is 5.32 Å². The zero-order valence-corrected chi connectivity index (χ0v) is 14.7. The predicted molar refractivity (Wildman–Crippen MR) is 92.5 cm³/mol. The summed E-state index contributed by atoms with van der Waals surface area (Å²) in [5, 5.41) is 23.1. The number of benzene rings is 1. The average Bonchev–Trinajstić information content (AvgIpc) is 2.44. The van der Waals surface area contributed by atoms with E-state index in [-0.39, 0.29) is 5.91 Å². The summed E-state index contributed by atoms with van der Waals surface area (Å²) in [4.78, 5) is 11.7. The summed E-state index contributed by atoms with van der Waals surface area (Å²) >= 11 is 0. The molecule has 0 spiro atoms. The van der Waals surface area contributed by atoms with Crippen molar-refractivity contribution in [2.24, 2.45) is 0 Å². The highest BCUT2D eigenvalue weighted by molar-refractivity contribution is 6.60. The second kappa shape index (κ2) is 7.95. The summed E-state index contributed by atoms with van der Waals surface area (Å²) in [5.41, 5.74) is -0.549. The SMILES string of the molecule is CCCNC(=O)Cc1ccc(B(O)OC(C)(C)C(C)(C)O)cc1. The molecule has 0 fully saturated rings. The van der Waals surface area contributed by atoms with E-state index in [0.29, 0.717) is 18.4 Å². The second-order valence-corrected chi connectivity index (χ2v) is 6.81. The topological polar surface area (TPSA) is 78.8 Å². The smallest absolute Gasteiger partial charge is 0.423 e. The molecule has 128 valence electrons. The first-order valence-electron chi connectivity index (χ1n) is 8.00. The molecule has 0 saturated carbocycles. The fraction of sp³-hybridized carbons (Fsp3) is 0.588. The van der Waals surface area contributed by atoms with E-state index in [1.165, 1.54) is 0 Å². The average molecular weight is 321 g/mol. The quantitative estimate of drug-likeness (QED) is 0.625. The van der Waals surface area contributed by atoms with Crippen molar-refractivity contribution in [2.45, 2.75) is 58.7 Å². The van der Waals surface area contributed by atoms with Crippen LogP contribution in [0.15, 0.2) is 24.3 Å². The molecule has 6 heteroatoms. The van der Waals surface area contributed by atoms with Crippen LogP contribution in [-0.2, 0) is 15.9 Å². The number of aliphatic hydroxyl groups is 1. The Morgan fingerprint density at radius 3 is 2.26 bits per heavy atom. The van der Waals surface area contributed by atoms with Crippen LogP contribution < -0.4 is 10.8 Å². The van der Waals surface area contributed by atoms with Gasteiger partial charge in [0.2, 0.25) is 5.91 Å². The van der Waals surface area contributed by atoms with E-state index in [2.05, 4.69) is 5.32 Å². The van der Waals surface area contributed by atoms with Gasteiger partial charge in [0.25, 0.3) is 0 Å². The third kappa shape index (κ3) is 5.97. The Bertz CT molecular complexity index is 508. The van der Waals surface area contributed by atoms with Crippen LogP contribution in [0.3, 0.4) is 0 Å². The van der Waals surface area contributed by atoms with Crippen molar-refractivity contribution in [1.29, 1.82) is 0 Å². The normalized spacial score (nSPS) is 12.1. The Labute approximate surface area is 139 Å². The first-order valence-corrected chi connectivity index (χ1v) is 8.00. The summed E-state index contributed by atoms with van der Waals surface area (Å²) in [6, 6.07) is 7.05. The van der Waals surface area contributed by atoms with Gasteiger partial charge >= 0.3 is 7.12 Å². The van der Waals surface area contributed by atoms with E-state index >= 15 is 0 Å². The number of nitrogens with one attached hydrogen (secondary N) is 1. The molecule has 0 unspecified atom stereocenters. The van der Waals surface area contributed by atoms with Gasteiger partial charge in [0.05, 0.1) is 17.6 Å². The van der Waals surface area contributed by atoms with Crippen LogP contribution in [-0.4, -0.2) is 40.9 Å². The van der Waals surface area contributed by atoms with Gasteiger partial charge in [-0.3, -0.25) is 4.79 Å². The fourth-order valence-corrected chi connectivity index (χ4v) is 1.80. The maximum absolute atomic E-state index is 11.7. The number of rotatable bonds is 8. The zero-order valence-electron chi connectivity index (χ0n) is 14.7. The lowest BCUT2D eigenvalue weighted by Gasteiger charge is -2.38. The molecule has 0 radical (unpaired) electrons. The third-order valence-electron chi connectivity index (χ3n) is 4.08. The van der Waals surface area contributed by atoms with E-state index in [1.54, 1.807) is 52.0 Å². The largest absolute Gasteiger partial charge is 0.491 e. The van der Waals surface area contributed by atoms with Gasteiger partial charge in [0, 0.05) is 6.54 Å². The van der Waals surface area contributed by atoms with Crippen LogP contribution in [0.4, 0.5) is 0 Å². The Kier molecular flexibility index (Phi) is 6.80. The molecule has 0 heterocycles. The number of hydrogen-bond acceptors (Lipinski definition) is 4. The highest BCUT2D eigenvalue weighted by Gasteiger charge is 2.39. The van der Waals surface area contributed by atoms with Gasteiger partial charge in [-0.2, -0.15) is 0 Å². The van der Waals surface area contributed by atoms with E-state index in [9.17, 15) is 14.9 Å². The Hall–Kier alpha value is -1.37. The highest BCUT2D eigenvalue weighted by atomic mass is 16.5. The summed E-state index contributed by atoms with van der Waals surface area (Å²) < 4.78 is 5.59. The van der Waals surface area contributed by atoms with Crippen molar-refractivity contribution in [3.8, 4) is 0 Å². The van der Waals surface area contributed by atoms with Crippen LogP contribution in [0.25, 0.3) is 0 Å². The van der Waals surface area contributed by atoms with Crippen molar-refractivity contribution >= 4 is 18.5 Å². The molecule has 0 aliphatic rings. The van der Waals surface area contributed by atoms with Crippen LogP contribution in [0, 0.1) is 0 Å². The molecule has 0 bridgehead atoms. The van der Waals surface area contributed by atoms with E-state index in [4.69, 9.17) is 4.65 Å². The van der Waals surface area contributed by atoms with Crippen molar-refractivity contribution < 1.29 is 19.6 Å². The molecule has 0 aromatic heterocycles. The Balaban J connectivity index is 2.67. The molecular weight excluding hydrogens is 293 g/mol. The zero-order chi connectivity index (χ0) is 17.7.